The standard InChI is InChI=1S/C41H48N8O7S/c1-42-39(53)36(11-6-20-50)46(2)40(54)35-21-31(14-12-28(35)26-51)47-24-33(25-47)56-32-9-5-10-34(22-32)57(55)48-18-16-29(17-19-48)44-41-43-23-27-13-15-37(52)49(38(27)45-41)30-7-3-4-8-30/h5,9-10,12-15,20-23,26,29-30,33,36H,3-4,6-8,11,16-19,24-25H2,1-2H3,(H,42,53)(H,43,44,45). The third kappa shape index (κ3) is 8.82. The average molecular weight is 797 g/mol. The molecule has 57 heavy (non-hydrogen) atoms. The average Bonchev–Trinajstić information content (AvgIpc) is 3.76. The van der Waals surface area contributed by atoms with Crippen molar-refractivity contribution in [2.75, 3.05) is 50.5 Å². The van der Waals surface area contributed by atoms with Gasteiger partial charge in [0.25, 0.3) is 11.5 Å². The summed E-state index contributed by atoms with van der Waals surface area (Å²) in [4.78, 5) is 75.0. The highest BCUT2D eigenvalue weighted by Gasteiger charge is 2.33. The molecule has 2 saturated heterocycles. The Balaban J connectivity index is 0.927. The van der Waals surface area contributed by atoms with Gasteiger partial charge in [0.05, 0.1) is 30.0 Å². The van der Waals surface area contributed by atoms with Crippen molar-refractivity contribution in [3.05, 3.63) is 82.3 Å². The van der Waals surface area contributed by atoms with Crippen LogP contribution in [0.5, 0.6) is 5.75 Å². The van der Waals surface area contributed by atoms with Crippen molar-refractivity contribution in [1.29, 1.82) is 0 Å². The van der Waals surface area contributed by atoms with E-state index in [2.05, 4.69) is 15.6 Å². The fourth-order valence-corrected chi connectivity index (χ4v) is 9.20. The highest BCUT2D eigenvalue weighted by Crippen LogP contribution is 2.32. The molecule has 2 amide bonds. The summed E-state index contributed by atoms with van der Waals surface area (Å²) < 4.78 is 23.8. The molecule has 2 N–H and O–H groups in total. The summed E-state index contributed by atoms with van der Waals surface area (Å²) in [5, 5.41) is 6.84. The highest BCUT2D eigenvalue weighted by molar-refractivity contribution is 7.89. The predicted octanol–water partition coefficient (Wildman–Crippen LogP) is 3.75. The number of benzene rings is 2. The number of ether oxygens (including phenoxy) is 1. The number of pyridine rings is 1. The number of likely N-dealkylation sites (N-methyl/N-ethyl adjacent to an activating group) is 2. The normalized spacial score (nSPS) is 17.8. The van der Waals surface area contributed by atoms with E-state index in [1.54, 1.807) is 36.5 Å². The van der Waals surface area contributed by atoms with Gasteiger partial charge in [-0.15, -0.1) is 4.31 Å². The second-order valence-electron chi connectivity index (χ2n) is 14.8. The van der Waals surface area contributed by atoms with Gasteiger partial charge in [0.2, 0.25) is 11.9 Å². The van der Waals surface area contributed by atoms with Gasteiger partial charge in [-0.3, -0.25) is 23.7 Å². The first-order valence-electron chi connectivity index (χ1n) is 19.5. The number of anilines is 2. The Kier molecular flexibility index (Phi) is 12.5. The van der Waals surface area contributed by atoms with E-state index < -0.39 is 29.2 Å². The Morgan fingerprint density at radius 3 is 2.54 bits per heavy atom. The molecular weight excluding hydrogens is 749 g/mol. The van der Waals surface area contributed by atoms with Gasteiger partial charge in [-0.1, -0.05) is 18.9 Å². The minimum absolute atomic E-state index is 0.0298. The lowest BCUT2D eigenvalue weighted by atomic mass is 10.0. The molecule has 4 aromatic rings. The maximum absolute atomic E-state index is 13.7. The van der Waals surface area contributed by atoms with Crippen LogP contribution in [0.3, 0.4) is 0 Å². The molecule has 0 spiro atoms. The summed E-state index contributed by atoms with van der Waals surface area (Å²) in [5.74, 6) is 0.210. The van der Waals surface area contributed by atoms with Crippen molar-refractivity contribution in [2.45, 2.75) is 80.5 Å². The van der Waals surface area contributed by atoms with E-state index >= 15 is 0 Å². The topological polar surface area (TPSA) is 182 Å². The molecule has 2 aromatic carbocycles. The summed E-state index contributed by atoms with van der Waals surface area (Å²) in [5.41, 5.74) is 1.73. The number of fused-ring (bicyclic) bond motifs is 1. The van der Waals surface area contributed by atoms with E-state index in [1.165, 1.54) is 19.0 Å². The molecule has 2 aromatic heterocycles. The quantitative estimate of drug-likeness (QED) is 0.132. The lowest BCUT2D eigenvalue weighted by Crippen LogP contribution is -2.54. The number of aldehydes is 2. The maximum atomic E-state index is 13.7. The summed E-state index contributed by atoms with van der Waals surface area (Å²) in [7, 11) is 2.95. The summed E-state index contributed by atoms with van der Waals surface area (Å²) in [6, 6.07) is 15.1. The zero-order chi connectivity index (χ0) is 40.1. The monoisotopic (exact) mass is 796 g/mol. The fourth-order valence-electron chi connectivity index (χ4n) is 7.95. The molecule has 0 radical (unpaired) electrons. The second kappa shape index (κ2) is 17.9. The number of carbonyl (C=O) groups excluding carboxylic acids is 4. The van der Waals surface area contributed by atoms with E-state index in [1.807, 2.05) is 38.0 Å². The van der Waals surface area contributed by atoms with Crippen LogP contribution in [0.15, 0.2) is 70.5 Å². The third-order valence-electron chi connectivity index (χ3n) is 11.2. The molecule has 1 aliphatic carbocycles. The second-order valence-corrected chi connectivity index (χ2v) is 16.3. The largest absolute Gasteiger partial charge is 0.593 e. The van der Waals surface area contributed by atoms with Crippen LogP contribution in [0.1, 0.15) is 78.1 Å². The van der Waals surface area contributed by atoms with Crippen LogP contribution in [0.2, 0.25) is 0 Å². The Morgan fingerprint density at radius 1 is 1.05 bits per heavy atom. The molecule has 1 saturated carbocycles. The number of hydrogen-bond donors (Lipinski definition) is 2. The smallest absolute Gasteiger partial charge is 0.255 e. The number of nitrogens with one attached hydrogen (secondary N) is 2. The summed E-state index contributed by atoms with van der Waals surface area (Å²) >= 11 is -1.39. The van der Waals surface area contributed by atoms with E-state index in [9.17, 15) is 28.5 Å². The van der Waals surface area contributed by atoms with Crippen molar-refractivity contribution in [3.63, 3.8) is 0 Å². The number of rotatable bonds is 15. The number of piperidine rings is 1. The molecule has 300 valence electrons. The molecule has 16 heteroatoms. The lowest BCUT2D eigenvalue weighted by Gasteiger charge is -2.41. The fraction of sp³-hybridized carbons (Fsp3) is 0.439. The van der Waals surface area contributed by atoms with Gasteiger partial charge >= 0.3 is 0 Å². The van der Waals surface area contributed by atoms with E-state index in [0.717, 1.165) is 49.6 Å². The summed E-state index contributed by atoms with van der Waals surface area (Å²) in [6.07, 6.45) is 8.88. The van der Waals surface area contributed by atoms with Crippen molar-refractivity contribution in [2.24, 2.45) is 0 Å². The van der Waals surface area contributed by atoms with Crippen molar-refractivity contribution in [1.82, 2.24) is 29.1 Å². The molecule has 4 heterocycles. The first-order chi connectivity index (χ1) is 27.7. The van der Waals surface area contributed by atoms with Gasteiger partial charge in [0, 0.05) is 80.7 Å². The van der Waals surface area contributed by atoms with E-state index in [4.69, 9.17) is 9.72 Å². The third-order valence-corrected chi connectivity index (χ3v) is 12.7. The number of carbonyl (C=O) groups is 4. The summed E-state index contributed by atoms with van der Waals surface area (Å²) in [6.45, 7) is 2.28. The molecule has 0 bridgehead atoms. The van der Waals surface area contributed by atoms with Crippen LogP contribution < -0.4 is 25.8 Å². The van der Waals surface area contributed by atoms with Crippen LogP contribution in [0.4, 0.5) is 11.6 Å². The minimum atomic E-state index is -1.39. The Bertz CT molecular complexity index is 2160. The maximum Gasteiger partial charge on any atom is 0.255 e. The van der Waals surface area contributed by atoms with E-state index in [0.29, 0.717) is 61.0 Å². The molecule has 15 nitrogen and oxygen atoms in total. The van der Waals surface area contributed by atoms with Gasteiger partial charge in [-0.25, -0.2) is 4.98 Å². The molecule has 3 aliphatic rings. The number of aromatic nitrogens is 3. The van der Waals surface area contributed by atoms with Gasteiger partial charge in [0.1, 0.15) is 29.8 Å². The zero-order valence-corrected chi connectivity index (χ0v) is 33.0. The molecule has 7 rings (SSSR count). The van der Waals surface area contributed by atoms with Crippen LogP contribution in [-0.2, 0) is 21.0 Å². The number of nitrogens with zero attached hydrogens (tertiary/aromatic N) is 6. The number of hydrogen-bond acceptors (Lipinski definition) is 12. The predicted molar refractivity (Wildman–Crippen MR) is 216 cm³/mol. The van der Waals surface area contributed by atoms with Gasteiger partial charge < -0.3 is 34.5 Å². The number of amides is 2. The molecule has 2 atom stereocenters. The van der Waals surface area contributed by atoms with Crippen molar-refractivity contribution in [3.8, 4) is 5.75 Å². The van der Waals surface area contributed by atoms with Crippen molar-refractivity contribution < 1.29 is 28.5 Å². The lowest BCUT2D eigenvalue weighted by molar-refractivity contribution is -0.125. The van der Waals surface area contributed by atoms with Crippen LogP contribution in [0, 0.1) is 0 Å². The Morgan fingerprint density at radius 2 is 1.82 bits per heavy atom. The molecular formula is C41H48N8O7S. The van der Waals surface area contributed by atoms with Crippen LogP contribution in [0.25, 0.3) is 11.0 Å². The first-order valence-corrected chi connectivity index (χ1v) is 20.6. The van der Waals surface area contributed by atoms with Crippen LogP contribution in [-0.4, -0.2) is 111 Å². The Hall–Kier alpha value is -5.32. The highest BCUT2D eigenvalue weighted by atomic mass is 32.2. The zero-order valence-electron chi connectivity index (χ0n) is 32.2. The molecule has 2 aliphatic heterocycles. The first kappa shape index (κ1) is 39.9. The SMILES string of the molecule is CNC(=O)C(CCC=O)N(C)C(=O)c1cc(N2CC(Oc3cccc([S+]([O-])N4CCC(Nc5ncc6ccc(=O)n(C7CCCC7)c6n5)CC4)c3)C2)ccc1C=O. The minimum Gasteiger partial charge on any atom is -0.593 e. The van der Waals surface area contributed by atoms with Crippen molar-refractivity contribution >= 4 is 58.4 Å². The molecule has 3 fully saturated rings. The van der Waals surface area contributed by atoms with Gasteiger partial charge in [-0.05, 0) is 68.5 Å². The van der Waals surface area contributed by atoms with Gasteiger partial charge in [0.15, 0.2) is 11.2 Å². The molecule has 2 unspecified atom stereocenters. The van der Waals surface area contributed by atoms with Gasteiger partial charge in [-0.2, -0.15) is 4.98 Å². The van der Waals surface area contributed by atoms with Crippen LogP contribution >= 0.6 is 0 Å². The Labute approximate surface area is 334 Å². The van der Waals surface area contributed by atoms with E-state index in [-0.39, 0.29) is 47.7 Å².